The summed E-state index contributed by atoms with van der Waals surface area (Å²) in [6, 6.07) is 0. The van der Waals surface area contributed by atoms with Crippen LogP contribution in [0.3, 0.4) is 0 Å². The zero-order valence-corrected chi connectivity index (χ0v) is 24.1. The van der Waals surface area contributed by atoms with E-state index in [2.05, 4.69) is 4.74 Å². The molecule has 0 rings (SSSR count). The maximum absolute atomic E-state index is 10.8. The van der Waals surface area contributed by atoms with Crippen LogP contribution in [0.1, 0.15) is 83.6 Å². The van der Waals surface area contributed by atoms with Gasteiger partial charge in [-0.1, -0.05) is 19.6 Å². The topological polar surface area (TPSA) is 114 Å². The lowest BCUT2D eigenvalue weighted by atomic mass is 10.2. The van der Waals surface area contributed by atoms with Gasteiger partial charge in [0.15, 0.2) is 5.78 Å². The zero-order chi connectivity index (χ0) is 28.8. The van der Waals surface area contributed by atoms with E-state index in [0.29, 0.717) is 19.8 Å². The molecule has 0 aliphatic heterocycles. The Kier molecular flexibility index (Phi) is 27.1. The fraction of sp³-hybridized carbons (Fsp3) is 0.714. The van der Waals surface area contributed by atoms with Gasteiger partial charge in [0.25, 0.3) is 5.78 Å². The number of rotatable bonds is 12. The third-order valence-electron chi connectivity index (χ3n) is 3.17. The van der Waals surface area contributed by atoms with E-state index >= 15 is 0 Å². The van der Waals surface area contributed by atoms with Crippen molar-refractivity contribution >= 4 is 23.5 Å². The summed E-state index contributed by atoms with van der Waals surface area (Å²) in [6.07, 6.45) is 6.24. The fourth-order valence-electron chi connectivity index (χ4n) is 1.66. The average Bonchev–Trinajstić information content (AvgIpc) is 2.72. The number of carbonyl (C=O) groups excluding carboxylic acids is 4. The van der Waals surface area contributed by atoms with Crippen molar-refractivity contribution in [1.82, 2.24) is 0 Å². The van der Waals surface area contributed by atoms with Crippen LogP contribution in [0.25, 0.3) is 0 Å². The molecule has 0 heterocycles. The van der Waals surface area contributed by atoms with Gasteiger partial charge in [-0.3, -0.25) is 9.59 Å². The Morgan fingerprint density at radius 1 is 0.757 bits per heavy atom. The molecule has 0 fully saturated rings. The molecule has 0 bridgehead atoms. The summed E-state index contributed by atoms with van der Waals surface area (Å²) in [5.41, 5.74) is -0.292. The Bertz CT molecular complexity index is 679. The number of allylic oxidation sites excluding steroid dienone is 1. The molecule has 9 nitrogen and oxygen atoms in total. The normalized spacial score (nSPS) is 11.1. The third kappa shape index (κ3) is 41.1. The summed E-state index contributed by atoms with van der Waals surface area (Å²) >= 11 is 0. The molecular weight excluding hydrogens is 480 g/mol. The summed E-state index contributed by atoms with van der Waals surface area (Å²) in [5, 5.41) is 0. The Balaban J connectivity index is -0.000000219. The second kappa shape index (κ2) is 24.0. The Hall–Kier alpha value is -2.36. The molecule has 0 saturated heterocycles. The van der Waals surface area contributed by atoms with Gasteiger partial charge in [0.1, 0.15) is 6.61 Å². The van der Waals surface area contributed by atoms with Crippen molar-refractivity contribution in [1.29, 1.82) is 0 Å². The molecule has 37 heavy (non-hydrogen) atoms. The van der Waals surface area contributed by atoms with Crippen LogP contribution in [-0.2, 0) is 42.9 Å². The van der Waals surface area contributed by atoms with Crippen molar-refractivity contribution in [2.75, 3.05) is 33.0 Å². The molecule has 0 atom stereocenters. The first-order valence-corrected chi connectivity index (χ1v) is 12.0. The van der Waals surface area contributed by atoms with E-state index in [4.69, 9.17) is 18.9 Å². The van der Waals surface area contributed by atoms with Gasteiger partial charge < -0.3 is 23.7 Å². The zero-order valence-electron chi connectivity index (χ0n) is 24.1. The first kappa shape index (κ1) is 41.8. The van der Waals surface area contributed by atoms with E-state index in [1.807, 2.05) is 41.5 Å². The third-order valence-corrected chi connectivity index (χ3v) is 3.17. The van der Waals surface area contributed by atoms with Crippen molar-refractivity contribution in [3.05, 3.63) is 24.3 Å². The highest BCUT2D eigenvalue weighted by Crippen LogP contribution is 2.06. The first-order chi connectivity index (χ1) is 16.4. The molecule has 0 spiro atoms. The van der Waals surface area contributed by atoms with Crippen LogP contribution in [0.15, 0.2) is 24.3 Å². The highest BCUT2D eigenvalue weighted by atomic mass is 16.5. The maximum Gasteiger partial charge on any atom is 0.377 e. The van der Waals surface area contributed by atoms with Crippen molar-refractivity contribution in [3.8, 4) is 0 Å². The Morgan fingerprint density at radius 3 is 1.54 bits per heavy atom. The average molecular weight is 533 g/mol. The van der Waals surface area contributed by atoms with Crippen LogP contribution < -0.4 is 0 Å². The second-order valence-electron chi connectivity index (χ2n) is 9.52. The molecular formula is C28H52O9. The number of Topliss-reactive ketones (excluding diaryl/α,β-unsaturated/α-hetero) is 1. The standard InChI is InChI=1S/C10H18O3.C9H16O2.C8H14O4.CH4/c1-5-12-9(11)7-6-8-13-10(2,3)4;1-8(10)6-5-7-11-9(2,3)4;1-4-11-8(10)7(9)5-12-6(2)3;/h6-7H,5,8H2,1-4H3;5-6H,7H2,1-4H3;6H,4-5H2,1-3H3;1H4/b7-6+;6-5+;;. The lowest BCUT2D eigenvalue weighted by molar-refractivity contribution is -0.156. The lowest BCUT2D eigenvalue weighted by Crippen LogP contribution is -2.23. The molecule has 0 radical (unpaired) electrons. The van der Waals surface area contributed by atoms with E-state index in [1.54, 1.807) is 39.8 Å². The molecule has 0 aliphatic rings. The predicted octanol–water partition coefficient (Wildman–Crippen LogP) is 5.05. The van der Waals surface area contributed by atoms with Crippen molar-refractivity contribution in [3.63, 3.8) is 0 Å². The quantitative estimate of drug-likeness (QED) is 0.193. The number of ketones is 2. The summed E-state index contributed by atoms with van der Waals surface area (Å²) in [4.78, 5) is 42.8. The summed E-state index contributed by atoms with van der Waals surface area (Å²) < 4.78 is 24.8. The highest BCUT2D eigenvalue weighted by molar-refractivity contribution is 6.34. The van der Waals surface area contributed by atoms with Gasteiger partial charge in [0.05, 0.1) is 43.7 Å². The van der Waals surface area contributed by atoms with Gasteiger partial charge in [0, 0.05) is 6.08 Å². The molecule has 218 valence electrons. The van der Waals surface area contributed by atoms with Gasteiger partial charge in [-0.2, -0.15) is 0 Å². The molecule has 0 aromatic heterocycles. The van der Waals surface area contributed by atoms with Crippen LogP contribution in [0.4, 0.5) is 0 Å². The second-order valence-corrected chi connectivity index (χ2v) is 9.52. The molecule has 0 aliphatic carbocycles. The van der Waals surface area contributed by atoms with Crippen LogP contribution in [0, 0.1) is 0 Å². The molecule has 0 N–H and O–H groups in total. The SMILES string of the molecule is C.CC(=O)/C=C/COC(C)(C)C.CCOC(=O)/C=C/COC(C)(C)C.CCOC(=O)C(=O)COC(C)C. The van der Waals surface area contributed by atoms with Crippen LogP contribution >= 0.6 is 0 Å². The predicted molar refractivity (Wildman–Crippen MR) is 146 cm³/mol. The van der Waals surface area contributed by atoms with E-state index in [-0.39, 0.29) is 49.7 Å². The Morgan fingerprint density at radius 2 is 1.19 bits per heavy atom. The minimum Gasteiger partial charge on any atom is -0.463 e. The molecule has 9 heteroatoms. The van der Waals surface area contributed by atoms with Crippen LogP contribution in [0.5, 0.6) is 0 Å². The van der Waals surface area contributed by atoms with E-state index in [9.17, 15) is 19.2 Å². The molecule has 0 aromatic carbocycles. The summed E-state index contributed by atoms with van der Waals surface area (Å²) in [5.74, 6) is -1.72. The van der Waals surface area contributed by atoms with E-state index in [1.165, 1.54) is 19.1 Å². The van der Waals surface area contributed by atoms with Crippen LogP contribution in [0.2, 0.25) is 0 Å². The van der Waals surface area contributed by atoms with Crippen LogP contribution in [-0.4, -0.2) is 73.8 Å². The maximum atomic E-state index is 10.8. The van der Waals surface area contributed by atoms with Gasteiger partial charge in [-0.25, -0.2) is 9.59 Å². The molecule has 0 unspecified atom stereocenters. The minimum absolute atomic E-state index is 0. The first-order valence-electron chi connectivity index (χ1n) is 12.0. The summed E-state index contributed by atoms with van der Waals surface area (Å²) in [6.45, 7) is 21.7. The molecule has 0 saturated carbocycles. The smallest absolute Gasteiger partial charge is 0.377 e. The van der Waals surface area contributed by atoms with E-state index in [0.717, 1.165) is 0 Å². The van der Waals surface area contributed by atoms with Crippen molar-refractivity contribution in [2.45, 2.75) is 101 Å². The number of esters is 2. The monoisotopic (exact) mass is 532 g/mol. The van der Waals surface area contributed by atoms with Gasteiger partial charge >= 0.3 is 11.9 Å². The van der Waals surface area contributed by atoms with E-state index < -0.39 is 11.8 Å². The van der Waals surface area contributed by atoms with Gasteiger partial charge in [0.2, 0.25) is 0 Å². The number of hydrogen-bond donors (Lipinski definition) is 0. The van der Waals surface area contributed by atoms with Crippen molar-refractivity contribution in [2.24, 2.45) is 0 Å². The number of carbonyl (C=O) groups is 4. The molecule has 0 aromatic rings. The summed E-state index contributed by atoms with van der Waals surface area (Å²) in [7, 11) is 0. The van der Waals surface area contributed by atoms with Gasteiger partial charge in [-0.15, -0.1) is 0 Å². The fourth-order valence-corrected chi connectivity index (χ4v) is 1.66. The Labute approximate surface area is 224 Å². The number of ether oxygens (including phenoxy) is 5. The largest absolute Gasteiger partial charge is 0.463 e. The van der Waals surface area contributed by atoms with Gasteiger partial charge in [-0.05, 0) is 82.2 Å². The highest BCUT2D eigenvalue weighted by Gasteiger charge is 2.15. The number of hydrogen-bond acceptors (Lipinski definition) is 9. The minimum atomic E-state index is -0.821. The molecule has 0 amide bonds. The lowest BCUT2D eigenvalue weighted by Gasteiger charge is -2.17. The van der Waals surface area contributed by atoms with Crippen molar-refractivity contribution < 1.29 is 42.9 Å².